The van der Waals surface area contributed by atoms with Gasteiger partial charge >= 0.3 is 0 Å². The van der Waals surface area contributed by atoms with E-state index >= 15 is 0 Å². The second-order valence-corrected chi connectivity index (χ2v) is 6.63. The highest BCUT2D eigenvalue weighted by atomic mass is 35.5. The van der Waals surface area contributed by atoms with Crippen LogP contribution in [0.4, 0.5) is 0 Å². The SMILES string of the molecule is Cc1nn(Cc2ccc(Cl)cc2)c(Cl)c1/C=N/N1CCCCC1. The zero-order chi connectivity index (χ0) is 16.2. The summed E-state index contributed by atoms with van der Waals surface area (Å²) in [6.45, 7) is 4.62. The predicted molar refractivity (Wildman–Crippen MR) is 95.5 cm³/mol. The van der Waals surface area contributed by atoms with Crippen molar-refractivity contribution in [1.82, 2.24) is 14.8 Å². The van der Waals surface area contributed by atoms with E-state index in [0.717, 1.165) is 34.9 Å². The second-order valence-electron chi connectivity index (χ2n) is 5.83. The lowest BCUT2D eigenvalue weighted by Crippen LogP contribution is -2.24. The Bertz CT molecular complexity index is 685. The molecule has 0 amide bonds. The Morgan fingerprint density at radius 3 is 2.52 bits per heavy atom. The topological polar surface area (TPSA) is 33.4 Å². The predicted octanol–water partition coefficient (Wildman–Crippen LogP) is 4.37. The standard InChI is InChI=1S/C17H20Cl2N4/c1-13-16(11-20-22-9-3-2-4-10-22)17(19)23(21-13)12-14-5-7-15(18)8-6-14/h5-8,11H,2-4,9-10,12H2,1H3/b20-11+. The molecule has 1 aromatic heterocycles. The largest absolute Gasteiger partial charge is 0.297 e. The number of aromatic nitrogens is 2. The first-order chi connectivity index (χ1) is 11.1. The number of hydrogen-bond acceptors (Lipinski definition) is 3. The smallest absolute Gasteiger partial charge is 0.136 e. The molecule has 2 aromatic rings. The number of nitrogens with zero attached hydrogens (tertiary/aromatic N) is 4. The molecule has 122 valence electrons. The van der Waals surface area contributed by atoms with Gasteiger partial charge in [-0.15, -0.1) is 0 Å². The molecular weight excluding hydrogens is 331 g/mol. The van der Waals surface area contributed by atoms with Crippen molar-refractivity contribution >= 4 is 29.4 Å². The fourth-order valence-electron chi connectivity index (χ4n) is 2.71. The van der Waals surface area contributed by atoms with E-state index < -0.39 is 0 Å². The average molecular weight is 351 g/mol. The van der Waals surface area contributed by atoms with Gasteiger partial charge in [0.15, 0.2) is 0 Å². The van der Waals surface area contributed by atoms with E-state index in [9.17, 15) is 0 Å². The molecule has 23 heavy (non-hydrogen) atoms. The first-order valence-corrected chi connectivity index (χ1v) is 8.65. The van der Waals surface area contributed by atoms with Gasteiger partial charge in [-0.2, -0.15) is 10.2 Å². The lowest BCUT2D eigenvalue weighted by Gasteiger charge is -2.23. The van der Waals surface area contributed by atoms with Crippen molar-refractivity contribution in [2.45, 2.75) is 32.7 Å². The fourth-order valence-corrected chi connectivity index (χ4v) is 3.12. The molecule has 0 saturated carbocycles. The molecule has 0 aliphatic carbocycles. The van der Waals surface area contributed by atoms with Crippen molar-refractivity contribution in [1.29, 1.82) is 0 Å². The van der Waals surface area contributed by atoms with Crippen LogP contribution < -0.4 is 0 Å². The van der Waals surface area contributed by atoms with Crippen LogP contribution in [0.5, 0.6) is 0 Å². The summed E-state index contributed by atoms with van der Waals surface area (Å²) in [6.07, 6.45) is 5.55. The highest BCUT2D eigenvalue weighted by Gasteiger charge is 2.13. The summed E-state index contributed by atoms with van der Waals surface area (Å²) in [7, 11) is 0. The van der Waals surface area contributed by atoms with Crippen LogP contribution in [0.25, 0.3) is 0 Å². The molecule has 0 N–H and O–H groups in total. The minimum absolute atomic E-state index is 0.619. The van der Waals surface area contributed by atoms with Crippen molar-refractivity contribution in [3.05, 3.63) is 51.3 Å². The maximum absolute atomic E-state index is 6.49. The molecule has 0 unspecified atom stereocenters. The van der Waals surface area contributed by atoms with Crippen LogP contribution >= 0.6 is 23.2 Å². The molecule has 1 fully saturated rings. The van der Waals surface area contributed by atoms with E-state index in [-0.39, 0.29) is 0 Å². The molecule has 0 radical (unpaired) electrons. The third kappa shape index (κ3) is 4.06. The Morgan fingerprint density at radius 1 is 1.13 bits per heavy atom. The van der Waals surface area contributed by atoms with Crippen molar-refractivity contribution in [2.24, 2.45) is 5.10 Å². The summed E-state index contributed by atoms with van der Waals surface area (Å²) < 4.78 is 1.80. The van der Waals surface area contributed by atoms with Crippen molar-refractivity contribution in [2.75, 3.05) is 13.1 Å². The number of hydrazone groups is 1. The van der Waals surface area contributed by atoms with Gasteiger partial charge in [-0.05, 0) is 43.9 Å². The van der Waals surface area contributed by atoms with Crippen molar-refractivity contribution in [3.63, 3.8) is 0 Å². The molecule has 1 saturated heterocycles. The Balaban J connectivity index is 1.75. The van der Waals surface area contributed by atoms with Gasteiger partial charge in [0, 0.05) is 18.1 Å². The Kier molecular flexibility index (Phi) is 5.23. The molecule has 4 nitrogen and oxygen atoms in total. The monoisotopic (exact) mass is 350 g/mol. The lowest BCUT2D eigenvalue weighted by molar-refractivity contribution is 0.240. The van der Waals surface area contributed by atoms with E-state index in [4.69, 9.17) is 23.2 Å². The van der Waals surface area contributed by atoms with Crippen LogP contribution in [-0.4, -0.2) is 34.1 Å². The second kappa shape index (κ2) is 7.37. The van der Waals surface area contributed by atoms with E-state index in [1.807, 2.05) is 37.4 Å². The number of halogens is 2. The van der Waals surface area contributed by atoms with Crippen LogP contribution in [0.3, 0.4) is 0 Å². The van der Waals surface area contributed by atoms with Gasteiger partial charge in [-0.1, -0.05) is 35.3 Å². The summed E-state index contributed by atoms with van der Waals surface area (Å²) in [6, 6.07) is 7.72. The highest BCUT2D eigenvalue weighted by Crippen LogP contribution is 2.20. The Labute approximate surface area is 146 Å². The maximum atomic E-state index is 6.49. The van der Waals surface area contributed by atoms with Gasteiger partial charge in [0.25, 0.3) is 0 Å². The van der Waals surface area contributed by atoms with Crippen LogP contribution in [-0.2, 0) is 6.54 Å². The summed E-state index contributed by atoms with van der Waals surface area (Å²) in [5, 5.41) is 12.6. The van der Waals surface area contributed by atoms with Crippen LogP contribution in [0, 0.1) is 6.92 Å². The normalized spacial score (nSPS) is 15.5. The molecule has 1 aliphatic heterocycles. The molecule has 1 aromatic carbocycles. The van der Waals surface area contributed by atoms with Gasteiger partial charge in [-0.3, -0.25) is 5.01 Å². The number of aryl methyl sites for hydroxylation is 1. The van der Waals surface area contributed by atoms with E-state index in [1.54, 1.807) is 4.68 Å². The molecule has 3 rings (SSSR count). The van der Waals surface area contributed by atoms with E-state index in [2.05, 4.69) is 15.2 Å². The minimum atomic E-state index is 0.619. The van der Waals surface area contributed by atoms with E-state index in [1.165, 1.54) is 19.3 Å². The van der Waals surface area contributed by atoms with Crippen LogP contribution in [0.15, 0.2) is 29.4 Å². The Hall–Kier alpha value is -1.52. The zero-order valence-corrected chi connectivity index (χ0v) is 14.7. The Morgan fingerprint density at radius 2 is 1.83 bits per heavy atom. The highest BCUT2D eigenvalue weighted by molar-refractivity contribution is 6.32. The van der Waals surface area contributed by atoms with Gasteiger partial charge < -0.3 is 0 Å². The zero-order valence-electron chi connectivity index (χ0n) is 13.2. The first-order valence-electron chi connectivity index (χ1n) is 7.90. The number of rotatable bonds is 4. The molecule has 0 spiro atoms. The molecular formula is C17H20Cl2N4. The molecule has 0 bridgehead atoms. The minimum Gasteiger partial charge on any atom is -0.297 e. The van der Waals surface area contributed by atoms with Crippen molar-refractivity contribution in [3.8, 4) is 0 Å². The summed E-state index contributed by atoms with van der Waals surface area (Å²) in [5.74, 6) is 0. The number of hydrogen-bond donors (Lipinski definition) is 0. The van der Waals surface area contributed by atoms with Gasteiger partial charge in [0.1, 0.15) is 5.15 Å². The number of benzene rings is 1. The fraction of sp³-hybridized carbons (Fsp3) is 0.412. The van der Waals surface area contributed by atoms with Crippen LogP contribution in [0.2, 0.25) is 10.2 Å². The molecule has 0 atom stereocenters. The quantitative estimate of drug-likeness (QED) is 0.767. The summed E-state index contributed by atoms with van der Waals surface area (Å²) >= 11 is 12.4. The van der Waals surface area contributed by atoms with Gasteiger partial charge in [0.05, 0.1) is 24.0 Å². The van der Waals surface area contributed by atoms with Crippen LogP contribution in [0.1, 0.15) is 36.1 Å². The van der Waals surface area contributed by atoms with Gasteiger partial charge in [-0.25, -0.2) is 4.68 Å². The number of piperidine rings is 1. The molecule has 6 heteroatoms. The first kappa shape index (κ1) is 16.3. The molecule has 1 aliphatic rings. The van der Waals surface area contributed by atoms with Gasteiger partial charge in [0.2, 0.25) is 0 Å². The summed E-state index contributed by atoms with van der Waals surface area (Å²) in [4.78, 5) is 0. The maximum Gasteiger partial charge on any atom is 0.136 e. The van der Waals surface area contributed by atoms with E-state index in [0.29, 0.717) is 11.7 Å². The lowest BCUT2D eigenvalue weighted by atomic mass is 10.2. The third-order valence-corrected chi connectivity index (χ3v) is 4.69. The summed E-state index contributed by atoms with van der Waals surface area (Å²) in [5.41, 5.74) is 2.90. The third-order valence-electron chi connectivity index (χ3n) is 4.04. The van der Waals surface area contributed by atoms with Crippen molar-refractivity contribution < 1.29 is 0 Å². The molecule has 2 heterocycles. The average Bonchev–Trinajstić information content (AvgIpc) is 2.82.